The first-order valence-corrected chi connectivity index (χ1v) is 8.40. The summed E-state index contributed by atoms with van der Waals surface area (Å²) in [5.41, 5.74) is -0.657. The molecule has 2 rings (SSSR count). The van der Waals surface area contributed by atoms with Crippen LogP contribution in [-0.2, 0) is 0 Å². The fraction of sp³-hybridized carbons (Fsp3) is 0.333. The van der Waals surface area contributed by atoms with E-state index >= 15 is 0 Å². The number of hydrogen-bond donors (Lipinski definition) is 2. The van der Waals surface area contributed by atoms with Gasteiger partial charge in [0, 0.05) is 15.4 Å². The normalized spacial score (nSPS) is 10.1. The standard InChI is InChI=1S/C11H15BrO2.C6H5BrO.CH4/c1-11(2,13)7-8-14-10-5-3-9(12)4-6-10;7-5-1-3-6(8)4-2-5;/h3-6,13H,7-8H2,1-2H3;1-4,8H;1H4. The second-order valence-corrected chi connectivity index (χ2v) is 7.17. The van der Waals surface area contributed by atoms with E-state index in [1.54, 1.807) is 38.1 Å². The number of ether oxygens (including phenoxy) is 1. The zero-order valence-corrected chi connectivity index (χ0v) is 15.8. The fourth-order valence-electron chi connectivity index (χ4n) is 1.39. The van der Waals surface area contributed by atoms with Crippen LogP contribution in [0.25, 0.3) is 0 Å². The molecule has 0 radical (unpaired) electrons. The quantitative estimate of drug-likeness (QED) is 0.624. The molecule has 0 aliphatic heterocycles. The third-order valence-corrected chi connectivity index (χ3v) is 3.68. The van der Waals surface area contributed by atoms with Crippen LogP contribution in [0.2, 0.25) is 0 Å². The van der Waals surface area contributed by atoms with Gasteiger partial charge < -0.3 is 14.9 Å². The molecule has 0 bridgehead atoms. The first-order valence-electron chi connectivity index (χ1n) is 6.81. The van der Waals surface area contributed by atoms with Gasteiger partial charge in [0.25, 0.3) is 0 Å². The van der Waals surface area contributed by atoms with Gasteiger partial charge in [-0.2, -0.15) is 0 Å². The Hall–Kier alpha value is -1.04. The van der Waals surface area contributed by atoms with Gasteiger partial charge in [-0.3, -0.25) is 0 Å². The van der Waals surface area contributed by atoms with Crippen LogP contribution in [0.15, 0.2) is 57.5 Å². The average Bonchev–Trinajstić information content (AvgIpc) is 2.44. The van der Waals surface area contributed by atoms with Crippen molar-refractivity contribution in [1.29, 1.82) is 0 Å². The van der Waals surface area contributed by atoms with E-state index in [1.807, 2.05) is 24.3 Å². The van der Waals surface area contributed by atoms with E-state index < -0.39 is 5.60 Å². The summed E-state index contributed by atoms with van der Waals surface area (Å²) < 4.78 is 7.47. The summed E-state index contributed by atoms with van der Waals surface area (Å²) in [5.74, 6) is 1.13. The van der Waals surface area contributed by atoms with Gasteiger partial charge in [0.15, 0.2) is 0 Å². The van der Waals surface area contributed by atoms with Gasteiger partial charge in [-0.1, -0.05) is 39.3 Å². The Balaban J connectivity index is 0.000000460. The van der Waals surface area contributed by atoms with Gasteiger partial charge in [-0.25, -0.2) is 0 Å². The zero-order chi connectivity index (χ0) is 16.6. The molecule has 0 spiro atoms. The lowest BCUT2D eigenvalue weighted by Gasteiger charge is -2.16. The first kappa shape index (κ1) is 22.0. The first-order chi connectivity index (χ1) is 10.3. The molecule has 0 heterocycles. The van der Waals surface area contributed by atoms with Crippen molar-refractivity contribution in [3.8, 4) is 11.5 Å². The average molecular weight is 448 g/mol. The Labute approximate surface area is 155 Å². The van der Waals surface area contributed by atoms with Crippen LogP contribution in [0.3, 0.4) is 0 Å². The lowest BCUT2D eigenvalue weighted by molar-refractivity contribution is 0.0553. The Morgan fingerprint density at radius 1 is 0.913 bits per heavy atom. The highest BCUT2D eigenvalue weighted by Gasteiger charge is 2.11. The van der Waals surface area contributed by atoms with Crippen LogP contribution in [-0.4, -0.2) is 22.4 Å². The lowest BCUT2D eigenvalue weighted by atomic mass is 10.1. The third kappa shape index (κ3) is 11.2. The van der Waals surface area contributed by atoms with Crippen LogP contribution in [0.5, 0.6) is 11.5 Å². The van der Waals surface area contributed by atoms with Gasteiger partial charge >= 0.3 is 0 Å². The minimum absolute atomic E-state index is 0. The van der Waals surface area contributed by atoms with Crippen molar-refractivity contribution in [2.75, 3.05) is 6.61 Å². The molecule has 2 aromatic carbocycles. The molecule has 128 valence electrons. The SMILES string of the molecule is C.CC(C)(O)CCOc1ccc(Br)cc1.Oc1ccc(Br)cc1. The minimum atomic E-state index is -0.657. The van der Waals surface area contributed by atoms with E-state index in [0.29, 0.717) is 18.8 Å². The predicted octanol–water partition coefficient (Wildman–Crippen LogP) is 5.78. The summed E-state index contributed by atoms with van der Waals surface area (Å²) in [6, 6.07) is 14.5. The second kappa shape index (κ2) is 10.7. The van der Waals surface area contributed by atoms with E-state index in [2.05, 4.69) is 31.9 Å². The maximum atomic E-state index is 9.45. The molecule has 0 atom stereocenters. The summed E-state index contributed by atoms with van der Waals surface area (Å²) in [5, 5.41) is 18.2. The molecule has 0 saturated carbocycles. The lowest BCUT2D eigenvalue weighted by Crippen LogP contribution is -2.21. The molecule has 0 amide bonds. The van der Waals surface area contributed by atoms with Crippen LogP contribution >= 0.6 is 31.9 Å². The molecule has 0 saturated heterocycles. The summed E-state index contributed by atoms with van der Waals surface area (Å²) in [4.78, 5) is 0. The Morgan fingerprint density at radius 3 is 1.74 bits per heavy atom. The van der Waals surface area contributed by atoms with Crippen molar-refractivity contribution >= 4 is 31.9 Å². The van der Waals surface area contributed by atoms with Crippen molar-refractivity contribution in [3.63, 3.8) is 0 Å². The molecule has 23 heavy (non-hydrogen) atoms. The number of aromatic hydroxyl groups is 1. The summed E-state index contributed by atoms with van der Waals surface area (Å²) in [7, 11) is 0. The highest BCUT2D eigenvalue weighted by atomic mass is 79.9. The van der Waals surface area contributed by atoms with E-state index in [-0.39, 0.29) is 7.43 Å². The van der Waals surface area contributed by atoms with E-state index in [4.69, 9.17) is 9.84 Å². The molecule has 0 aliphatic rings. The van der Waals surface area contributed by atoms with E-state index in [1.165, 1.54) is 0 Å². The number of rotatable bonds is 4. The minimum Gasteiger partial charge on any atom is -0.508 e. The van der Waals surface area contributed by atoms with Gasteiger partial charge in [-0.15, -0.1) is 0 Å². The Bertz CT molecular complexity index is 525. The zero-order valence-electron chi connectivity index (χ0n) is 12.6. The number of benzene rings is 2. The number of aliphatic hydroxyl groups is 1. The van der Waals surface area contributed by atoms with E-state index in [9.17, 15) is 5.11 Å². The molecule has 5 heteroatoms. The van der Waals surface area contributed by atoms with E-state index in [0.717, 1.165) is 14.7 Å². The van der Waals surface area contributed by atoms with Crippen LogP contribution < -0.4 is 4.74 Å². The van der Waals surface area contributed by atoms with Gasteiger partial charge in [-0.05, 0) is 62.4 Å². The fourth-order valence-corrected chi connectivity index (χ4v) is 1.92. The number of phenols is 1. The maximum absolute atomic E-state index is 9.45. The van der Waals surface area contributed by atoms with Gasteiger partial charge in [0.2, 0.25) is 0 Å². The van der Waals surface area contributed by atoms with Crippen molar-refractivity contribution in [2.24, 2.45) is 0 Å². The highest BCUT2D eigenvalue weighted by Crippen LogP contribution is 2.17. The summed E-state index contributed by atoms with van der Waals surface area (Å²) in [6.45, 7) is 4.08. The molecule has 2 N–H and O–H groups in total. The number of halogens is 2. The molecule has 0 fully saturated rings. The molecule has 0 aromatic heterocycles. The molecule has 3 nitrogen and oxygen atoms in total. The summed E-state index contributed by atoms with van der Waals surface area (Å²) in [6.07, 6.45) is 0.628. The predicted molar refractivity (Wildman–Crippen MR) is 103 cm³/mol. The van der Waals surface area contributed by atoms with Crippen molar-refractivity contribution in [2.45, 2.75) is 33.3 Å². The number of phenolic OH excluding ortho intramolecular Hbond substituents is 1. The van der Waals surface area contributed by atoms with Crippen molar-refractivity contribution in [1.82, 2.24) is 0 Å². The van der Waals surface area contributed by atoms with Crippen molar-refractivity contribution in [3.05, 3.63) is 57.5 Å². The molecular weight excluding hydrogens is 424 g/mol. The smallest absolute Gasteiger partial charge is 0.119 e. The molecule has 0 unspecified atom stereocenters. The van der Waals surface area contributed by atoms with Crippen LogP contribution in [0, 0.1) is 0 Å². The van der Waals surface area contributed by atoms with Crippen LogP contribution in [0.1, 0.15) is 27.7 Å². The maximum Gasteiger partial charge on any atom is 0.119 e. The molecule has 2 aromatic rings. The molecular formula is C18H24Br2O3. The van der Waals surface area contributed by atoms with Crippen molar-refractivity contribution < 1.29 is 14.9 Å². The largest absolute Gasteiger partial charge is 0.508 e. The number of hydrogen-bond acceptors (Lipinski definition) is 3. The van der Waals surface area contributed by atoms with Gasteiger partial charge in [0.1, 0.15) is 11.5 Å². The van der Waals surface area contributed by atoms with Crippen LogP contribution in [0.4, 0.5) is 0 Å². The highest BCUT2D eigenvalue weighted by molar-refractivity contribution is 9.10. The monoisotopic (exact) mass is 446 g/mol. The Kier molecular flexibility index (Phi) is 10.2. The van der Waals surface area contributed by atoms with Gasteiger partial charge in [0.05, 0.1) is 12.2 Å². The summed E-state index contributed by atoms with van der Waals surface area (Å²) >= 11 is 6.58. The topological polar surface area (TPSA) is 49.7 Å². The Morgan fingerprint density at radius 2 is 1.35 bits per heavy atom. The second-order valence-electron chi connectivity index (χ2n) is 5.34. The third-order valence-electron chi connectivity index (χ3n) is 2.62. The molecule has 0 aliphatic carbocycles.